The molecule has 0 saturated heterocycles. The van der Waals surface area contributed by atoms with Gasteiger partial charge in [-0.2, -0.15) is 0 Å². The standard InChI is InChI=1S/C22H20O8/c1-21(2)6-5-10-3-4-11(23)15(19(10)30-21)17(25)14-12(24)9-13-16(18(14)26)22(27)7-8-28-20(22)29-13/h3-4,7-9,20,23-24,26-27H,5-6H2,1-2H3. The van der Waals surface area contributed by atoms with Gasteiger partial charge in [-0.1, -0.05) is 6.07 Å². The highest BCUT2D eigenvalue weighted by molar-refractivity contribution is 6.16. The van der Waals surface area contributed by atoms with Gasteiger partial charge in [0.1, 0.15) is 45.5 Å². The van der Waals surface area contributed by atoms with Crippen molar-refractivity contribution >= 4 is 5.78 Å². The number of benzene rings is 2. The molecule has 2 unspecified atom stereocenters. The lowest BCUT2D eigenvalue weighted by molar-refractivity contribution is -0.110. The van der Waals surface area contributed by atoms with Gasteiger partial charge >= 0.3 is 0 Å². The number of hydrogen-bond acceptors (Lipinski definition) is 8. The quantitative estimate of drug-likeness (QED) is 0.555. The first-order chi connectivity index (χ1) is 14.1. The van der Waals surface area contributed by atoms with Crippen molar-refractivity contribution in [3.63, 3.8) is 0 Å². The Hall–Kier alpha value is -3.39. The highest BCUT2D eigenvalue weighted by atomic mass is 16.7. The molecule has 0 radical (unpaired) electrons. The van der Waals surface area contributed by atoms with Crippen molar-refractivity contribution in [1.29, 1.82) is 0 Å². The largest absolute Gasteiger partial charge is 0.507 e. The van der Waals surface area contributed by atoms with E-state index in [-0.39, 0.29) is 28.4 Å². The fourth-order valence-corrected chi connectivity index (χ4v) is 4.20. The Morgan fingerprint density at radius 2 is 1.90 bits per heavy atom. The van der Waals surface area contributed by atoms with Gasteiger partial charge in [-0.3, -0.25) is 4.79 Å². The van der Waals surface area contributed by atoms with Crippen LogP contribution in [0.3, 0.4) is 0 Å². The van der Waals surface area contributed by atoms with E-state index in [0.29, 0.717) is 6.42 Å². The van der Waals surface area contributed by atoms with Crippen LogP contribution >= 0.6 is 0 Å². The lowest BCUT2D eigenvalue weighted by atomic mass is 9.87. The minimum atomic E-state index is -1.81. The second-order valence-corrected chi connectivity index (χ2v) is 8.35. The summed E-state index contributed by atoms with van der Waals surface area (Å²) in [5.74, 6) is -2.18. The van der Waals surface area contributed by atoms with Gasteiger partial charge < -0.3 is 34.6 Å². The average Bonchev–Trinajstić information content (AvgIpc) is 3.13. The summed E-state index contributed by atoms with van der Waals surface area (Å²) < 4.78 is 16.6. The van der Waals surface area contributed by atoms with E-state index in [4.69, 9.17) is 14.2 Å². The molecule has 0 bridgehead atoms. The Morgan fingerprint density at radius 3 is 2.67 bits per heavy atom. The minimum Gasteiger partial charge on any atom is -0.507 e. The van der Waals surface area contributed by atoms with E-state index in [0.717, 1.165) is 18.1 Å². The number of ketones is 1. The molecule has 2 aromatic rings. The summed E-state index contributed by atoms with van der Waals surface area (Å²) in [5.41, 5.74) is -2.34. The Bertz CT molecular complexity index is 1130. The molecule has 3 heterocycles. The molecule has 8 heteroatoms. The molecular formula is C22H20O8. The Kier molecular flexibility index (Phi) is 3.62. The first-order valence-corrected chi connectivity index (χ1v) is 9.52. The molecule has 0 saturated carbocycles. The SMILES string of the molecule is CC1(C)CCc2ccc(O)c(C(=O)c3c(O)cc4c(c3O)C3(O)C=COC3O4)c2O1. The molecular weight excluding hydrogens is 392 g/mol. The third kappa shape index (κ3) is 2.40. The highest BCUT2D eigenvalue weighted by Crippen LogP contribution is 2.54. The molecule has 0 aromatic heterocycles. The molecule has 3 aliphatic heterocycles. The van der Waals surface area contributed by atoms with Crippen LogP contribution in [-0.4, -0.2) is 38.1 Å². The van der Waals surface area contributed by atoms with Crippen LogP contribution in [-0.2, 0) is 16.8 Å². The number of phenols is 3. The molecule has 30 heavy (non-hydrogen) atoms. The number of phenolic OH excluding ortho intramolecular Hbond substituents is 3. The van der Waals surface area contributed by atoms with Crippen molar-refractivity contribution < 1.29 is 39.4 Å². The zero-order chi connectivity index (χ0) is 21.4. The van der Waals surface area contributed by atoms with E-state index in [1.807, 2.05) is 13.8 Å². The third-order valence-electron chi connectivity index (χ3n) is 5.81. The molecule has 0 aliphatic carbocycles. The summed E-state index contributed by atoms with van der Waals surface area (Å²) in [4.78, 5) is 13.5. The predicted molar refractivity (Wildman–Crippen MR) is 103 cm³/mol. The van der Waals surface area contributed by atoms with Crippen LogP contribution < -0.4 is 9.47 Å². The van der Waals surface area contributed by atoms with E-state index >= 15 is 0 Å². The van der Waals surface area contributed by atoms with Crippen molar-refractivity contribution in [2.45, 2.75) is 44.2 Å². The van der Waals surface area contributed by atoms with Crippen LogP contribution in [0.25, 0.3) is 0 Å². The summed E-state index contributed by atoms with van der Waals surface area (Å²) in [6, 6.07) is 4.20. The van der Waals surface area contributed by atoms with E-state index in [1.165, 1.54) is 18.4 Å². The van der Waals surface area contributed by atoms with Crippen LogP contribution in [0.4, 0.5) is 0 Å². The average molecular weight is 412 g/mol. The molecule has 156 valence electrons. The molecule has 0 spiro atoms. The fraction of sp³-hybridized carbons (Fsp3) is 0.318. The second-order valence-electron chi connectivity index (χ2n) is 8.35. The maximum absolute atomic E-state index is 13.5. The van der Waals surface area contributed by atoms with E-state index < -0.39 is 40.3 Å². The molecule has 0 amide bonds. The number of carbonyl (C=O) groups excluding carboxylic acids is 1. The Labute approximate surface area is 171 Å². The number of fused-ring (bicyclic) bond motifs is 4. The summed E-state index contributed by atoms with van der Waals surface area (Å²) in [6.07, 6.45) is 2.76. The molecule has 3 aliphatic rings. The molecule has 8 nitrogen and oxygen atoms in total. The Morgan fingerprint density at radius 1 is 1.13 bits per heavy atom. The zero-order valence-electron chi connectivity index (χ0n) is 16.3. The first-order valence-electron chi connectivity index (χ1n) is 9.52. The van der Waals surface area contributed by atoms with Gasteiger partial charge in [0.25, 0.3) is 6.29 Å². The summed E-state index contributed by atoms with van der Waals surface area (Å²) >= 11 is 0. The molecule has 2 atom stereocenters. The van der Waals surface area contributed by atoms with Gasteiger partial charge in [0.2, 0.25) is 5.78 Å². The predicted octanol–water partition coefficient (Wildman–Crippen LogP) is 2.59. The zero-order valence-corrected chi connectivity index (χ0v) is 16.3. The maximum atomic E-state index is 13.5. The van der Waals surface area contributed by atoms with E-state index in [2.05, 4.69) is 0 Å². The number of hydrogen-bond donors (Lipinski definition) is 4. The van der Waals surface area contributed by atoms with Crippen molar-refractivity contribution in [3.8, 4) is 28.7 Å². The first kappa shape index (κ1) is 18.6. The highest BCUT2D eigenvalue weighted by Gasteiger charge is 2.54. The van der Waals surface area contributed by atoms with Crippen molar-refractivity contribution in [3.05, 3.63) is 52.8 Å². The number of aliphatic hydroxyl groups is 1. The summed E-state index contributed by atoms with van der Waals surface area (Å²) in [6.45, 7) is 3.75. The van der Waals surface area contributed by atoms with Crippen molar-refractivity contribution in [1.82, 2.24) is 0 Å². The second kappa shape index (κ2) is 5.82. The van der Waals surface area contributed by atoms with Crippen LogP contribution in [0.2, 0.25) is 0 Å². The van der Waals surface area contributed by atoms with E-state index in [9.17, 15) is 25.2 Å². The molecule has 2 aromatic carbocycles. The molecule has 5 rings (SSSR count). The van der Waals surface area contributed by atoms with Gasteiger partial charge in [0, 0.05) is 6.07 Å². The van der Waals surface area contributed by atoms with Crippen LogP contribution in [0.5, 0.6) is 28.7 Å². The molecule has 4 N–H and O–H groups in total. The van der Waals surface area contributed by atoms with Crippen LogP contribution in [0, 0.1) is 0 Å². The van der Waals surface area contributed by atoms with Gasteiger partial charge in [0.05, 0.1) is 11.8 Å². The molecule has 0 fully saturated rings. The monoisotopic (exact) mass is 412 g/mol. The maximum Gasteiger partial charge on any atom is 0.277 e. The number of aryl methyl sites for hydroxylation is 1. The number of carbonyl (C=O) groups is 1. The Balaban J connectivity index is 1.69. The topological polar surface area (TPSA) is 126 Å². The summed E-state index contributed by atoms with van der Waals surface area (Å²) in [5, 5.41) is 42.8. The number of ether oxygens (including phenoxy) is 3. The number of aromatic hydroxyl groups is 3. The van der Waals surface area contributed by atoms with Crippen molar-refractivity contribution in [2.75, 3.05) is 0 Å². The normalized spacial score (nSPS) is 24.8. The van der Waals surface area contributed by atoms with Crippen molar-refractivity contribution in [2.24, 2.45) is 0 Å². The van der Waals surface area contributed by atoms with Gasteiger partial charge in [-0.05, 0) is 44.4 Å². The van der Waals surface area contributed by atoms with Gasteiger partial charge in [0.15, 0.2) is 5.60 Å². The van der Waals surface area contributed by atoms with Crippen LogP contribution in [0.15, 0.2) is 30.5 Å². The third-order valence-corrected chi connectivity index (χ3v) is 5.81. The fourth-order valence-electron chi connectivity index (χ4n) is 4.20. The smallest absolute Gasteiger partial charge is 0.277 e. The van der Waals surface area contributed by atoms with E-state index in [1.54, 1.807) is 6.07 Å². The summed E-state index contributed by atoms with van der Waals surface area (Å²) in [7, 11) is 0. The van der Waals surface area contributed by atoms with Gasteiger partial charge in [-0.25, -0.2) is 0 Å². The number of rotatable bonds is 2. The van der Waals surface area contributed by atoms with Crippen LogP contribution in [0.1, 0.15) is 47.3 Å². The van der Waals surface area contributed by atoms with Gasteiger partial charge in [-0.15, -0.1) is 0 Å². The minimum absolute atomic E-state index is 0.00454. The lowest BCUT2D eigenvalue weighted by Crippen LogP contribution is -2.34. The lowest BCUT2D eigenvalue weighted by Gasteiger charge is -2.33.